The molecule has 0 fully saturated rings. The van der Waals surface area contributed by atoms with Crippen molar-refractivity contribution in [1.29, 1.82) is 0 Å². The SMILES string of the molecule is CC(CS(=O)(=O)N(CCCO)C(C)C)c1ccccc1. The molecule has 1 N–H and O–H groups in total. The van der Waals surface area contributed by atoms with Crippen LogP contribution in [0.1, 0.15) is 38.7 Å². The second kappa shape index (κ2) is 7.76. The van der Waals surface area contributed by atoms with Crippen LogP contribution in [0.2, 0.25) is 0 Å². The van der Waals surface area contributed by atoms with Crippen LogP contribution in [-0.2, 0) is 10.0 Å². The maximum atomic E-state index is 12.5. The Morgan fingerprint density at radius 2 is 1.75 bits per heavy atom. The zero-order valence-electron chi connectivity index (χ0n) is 12.5. The van der Waals surface area contributed by atoms with E-state index in [-0.39, 0.29) is 24.3 Å². The van der Waals surface area contributed by atoms with E-state index in [0.717, 1.165) is 5.56 Å². The predicted molar refractivity (Wildman–Crippen MR) is 82.2 cm³/mol. The summed E-state index contributed by atoms with van der Waals surface area (Å²) in [5.41, 5.74) is 1.03. The lowest BCUT2D eigenvalue weighted by atomic mass is 10.0. The number of hydrogen-bond acceptors (Lipinski definition) is 3. The molecule has 0 aromatic heterocycles. The first-order chi connectivity index (χ1) is 9.38. The van der Waals surface area contributed by atoms with Gasteiger partial charge >= 0.3 is 0 Å². The fourth-order valence-electron chi connectivity index (χ4n) is 2.23. The Morgan fingerprint density at radius 3 is 2.25 bits per heavy atom. The van der Waals surface area contributed by atoms with Crippen molar-refractivity contribution in [3.8, 4) is 0 Å². The molecule has 1 rings (SSSR count). The van der Waals surface area contributed by atoms with Crippen LogP contribution in [0, 0.1) is 0 Å². The van der Waals surface area contributed by atoms with Gasteiger partial charge in [0.1, 0.15) is 0 Å². The maximum Gasteiger partial charge on any atom is 0.214 e. The van der Waals surface area contributed by atoms with E-state index in [9.17, 15) is 8.42 Å². The fourth-order valence-corrected chi connectivity index (χ4v) is 4.30. The molecule has 1 aromatic carbocycles. The molecule has 0 radical (unpaired) electrons. The minimum atomic E-state index is -3.32. The summed E-state index contributed by atoms with van der Waals surface area (Å²) < 4.78 is 26.5. The van der Waals surface area contributed by atoms with E-state index in [1.165, 1.54) is 4.31 Å². The summed E-state index contributed by atoms with van der Waals surface area (Å²) in [7, 11) is -3.32. The number of hydrogen-bond donors (Lipinski definition) is 1. The van der Waals surface area contributed by atoms with Crippen LogP contribution in [0.15, 0.2) is 30.3 Å². The molecule has 5 heteroatoms. The van der Waals surface area contributed by atoms with E-state index in [1.54, 1.807) is 0 Å². The third kappa shape index (κ3) is 4.89. The fraction of sp³-hybridized carbons (Fsp3) is 0.600. The van der Waals surface area contributed by atoms with Crippen molar-refractivity contribution in [3.63, 3.8) is 0 Å². The first-order valence-corrected chi connectivity index (χ1v) is 8.64. The van der Waals surface area contributed by atoms with Crippen LogP contribution in [0.4, 0.5) is 0 Å². The third-order valence-electron chi connectivity index (χ3n) is 3.30. The average molecular weight is 299 g/mol. The largest absolute Gasteiger partial charge is 0.396 e. The smallest absolute Gasteiger partial charge is 0.214 e. The number of rotatable bonds is 8. The molecule has 0 aliphatic heterocycles. The summed E-state index contributed by atoms with van der Waals surface area (Å²) in [5, 5.41) is 8.90. The quantitative estimate of drug-likeness (QED) is 0.800. The Labute approximate surface area is 122 Å². The van der Waals surface area contributed by atoms with Crippen molar-refractivity contribution in [2.45, 2.75) is 39.2 Å². The summed E-state index contributed by atoms with van der Waals surface area (Å²) in [4.78, 5) is 0. The molecule has 0 spiro atoms. The van der Waals surface area contributed by atoms with Gasteiger partial charge in [0, 0.05) is 19.2 Å². The second-order valence-corrected chi connectivity index (χ2v) is 7.34. The highest BCUT2D eigenvalue weighted by Gasteiger charge is 2.26. The number of benzene rings is 1. The Hall–Kier alpha value is -0.910. The van der Waals surface area contributed by atoms with Gasteiger partial charge in [-0.15, -0.1) is 0 Å². The van der Waals surface area contributed by atoms with Gasteiger partial charge in [-0.3, -0.25) is 0 Å². The highest BCUT2D eigenvalue weighted by molar-refractivity contribution is 7.89. The molecule has 0 saturated carbocycles. The first kappa shape index (κ1) is 17.1. The van der Waals surface area contributed by atoms with Crippen LogP contribution >= 0.6 is 0 Å². The van der Waals surface area contributed by atoms with Gasteiger partial charge in [0.25, 0.3) is 0 Å². The topological polar surface area (TPSA) is 57.6 Å². The molecule has 0 aliphatic rings. The van der Waals surface area contributed by atoms with E-state index in [2.05, 4.69) is 0 Å². The summed E-state index contributed by atoms with van der Waals surface area (Å²) in [5.74, 6) is 0.0530. The predicted octanol–water partition coefficient (Wildman–Crippen LogP) is 2.21. The van der Waals surface area contributed by atoms with E-state index in [4.69, 9.17) is 5.11 Å². The molecule has 0 heterocycles. The number of aliphatic hydroxyl groups is 1. The molecular formula is C15H25NO3S. The van der Waals surface area contributed by atoms with E-state index in [1.807, 2.05) is 51.1 Å². The molecule has 1 unspecified atom stereocenters. The molecule has 114 valence electrons. The van der Waals surface area contributed by atoms with E-state index >= 15 is 0 Å². The summed E-state index contributed by atoms with van der Waals surface area (Å²) >= 11 is 0. The highest BCUT2D eigenvalue weighted by atomic mass is 32.2. The Kier molecular flexibility index (Phi) is 6.65. The van der Waals surface area contributed by atoms with Gasteiger partial charge in [0.15, 0.2) is 0 Å². The van der Waals surface area contributed by atoms with Crippen molar-refractivity contribution in [2.24, 2.45) is 0 Å². The molecule has 1 atom stereocenters. The third-order valence-corrected chi connectivity index (χ3v) is 5.54. The van der Waals surface area contributed by atoms with Gasteiger partial charge in [0.05, 0.1) is 5.75 Å². The van der Waals surface area contributed by atoms with Crippen molar-refractivity contribution in [2.75, 3.05) is 18.9 Å². The lowest BCUT2D eigenvalue weighted by molar-refractivity contribution is 0.258. The lowest BCUT2D eigenvalue weighted by Gasteiger charge is -2.27. The normalized spacial score (nSPS) is 13.9. The second-order valence-electron chi connectivity index (χ2n) is 5.37. The van der Waals surface area contributed by atoms with Crippen LogP contribution in [0.3, 0.4) is 0 Å². The van der Waals surface area contributed by atoms with Crippen molar-refractivity contribution >= 4 is 10.0 Å². The zero-order chi connectivity index (χ0) is 15.2. The average Bonchev–Trinajstić information content (AvgIpc) is 2.39. The van der Waals surface area contributed by atoms with Gasteiger partial charge < -0.3 is 5.11 Å². The molecule has 0 saturated heterocycles. The van der Waals surface area contributed by atoms with E-state index in [0.29, 0.717) is 13.0 Å². The van der Waals surface area contributed by atoms with Crippen molar-refractivity contribution < 1.29 is 13.5 Å². The van der Waals surface area contributed by atoms with Gasteiger partial charge in [-0.25, -0.2) is 8.42 Å². The van der Waals surface area contributed by atoms with Gasteiger partial charge in [0.2, 0.25) is 10.0 Å². The minimum Gasteiger partial charge on any atom is -0.396 e. The van der Waals surface area contributed by atoms with Gasteiger partial charge in [-0.1, -0.05) is 37.3 Å². The van der Waals surface area contributed by atoms with Gasteiger partial charge in [-0.2, -0.15) is 4.31 Å². The maximum absolute atomic E-state index is 12.5. The van der Waals surface area contributed by atoms with Crippen molar-refractivity contribution in [1.82, 2.24) is 4.31 Å². The zero-order valence-corrected chi connectivity index (χ0v) is 13.3. The molecule has 4 nitrogen and oxygen atoms in total. The molecule has 20 heavy (non-hydrogen) atoms. The van der Waals surface area contributed by atoms with Crippen LogP contribution in [-0.4, -0.2) is 42.8 Å². The Balaban J connectivity index is 2.81. The number of sulfonamides is 1. The standard InChI is InChI=1S/C15H25NO3S/c1-13(2)16(10-7-11-17)20(18,19)12-14(3)15-8-5-4-6-9-15/h4-6,8-9,13-14,17H,7,10-12H2,1-3H3. The molecule has 0 aliphatic carbocycles. The summed E-state index contributed by atoms with van der Waals surface area (Å²) in [6.07, 6.45) is 0.469. The number of nitrogens with zero attached hydrogens (tertiary/aromatic N) is 1. The first-order valence-electron chi connectivity index (χ1n) is 7.03. The molecule has 0 bridgehead atoms. The van der Waals surface area contributed by atoms with Crippen LogP contribution < -0.4 is 0 Å². The van der Waals surface area contributed by atoms with Crippen LogP contribution in [0.25, 0.3) is 0 Å². The lowest BCUT2D eigenvalue weighted by Crippen LogP contribution is -2.40. The number of aliphatic hydroxyl groups excluding tert-OH is 1. The molecule has 1 aromatic rings. The van der Waals surface area contributed by atoms with E-state index < -0.39 is 10.0 Å². The summed E-state index contributed by atoms with van der Waals surface area (Å²) in [6.45, 7) is 6.03. The van der Waals surface area contributed by atoms with Crippen molar-refractivity contribution in [3.05, 3.63) is 35.9 Å². The Morgan fingerprint density at radius 1 is 1.15 bits per heavy atom. The summed E-state index contributed by atoms with van der Waals surface area (Å²) in [6, 6.07) is 9.58. The molecule has 0 amide bonds. The van der Waals surface area contributed by atoms with Crippen LogP contribution in [0.5, 0.6) is 0 Å². The van der Waals surface area contributed by atoms with Gasteiger partial charge in [-0.05, 0) is 31.7 Å². The monoisotopic (exact) mass is 299 g/mol. The molecular weight excluding hydrogens is 274 g/mol. The Bertz CT molecular complexity index is 485. The highest BCUT2D eigenvalue weighted by Crippen LogP contribution is 2.20. The minimum absolute atomic E-state index is 0.00692.